The fourth-order valence-electron chi connectivity index (χ4n) is 1.19. The Morgan fingerprint density at radius 3 is 2.50 bits per heavy atom. The molecule has 0 radical (unpaired) electrons. The molecule has 0 spiro atoms. The van der Waals surface area contributed by atoms with Crippen molar-refractivity contribution < 1.29 is 0 Å². The van der Waals surface area contributed by atoms with E-state index in [-0.39, 0.29) is 0 Å². The standard InChI is InChI=1S/C11H15I/c1-8(2)10-5-4-9(3)11(6-10)7-12/h4-6,8H,7H2,1-3H3. The minimum absolute atomic E-state index is 0.646. The average molecular weight is 274 g/mol. The van der Waals surface area contributed by atoms with Gasteiger partial charge in [0.25, 0.3) is 0 Å². The maximum absolute atomic E-state index is 2.42. The van der Waals surface area contributed by atoms with Crippen molar-refractivity contribution in [2.24, 2.45) is 0 Å². The molecule has 0 N–H and O–H groups in total. The molecular formula is C11H15I. The second-order valence-corrected chi connectivity index (χ2v) is 4.24. The SMILES string of the molecule is Cc1ccc(C(C)C)cc1CI. The first kappa shape index (κ1) is 10.0. The minimum Gasteiger partial charge on any atom is -0.0812 e. The van der Waals surface area contributed by atoms with Gasteiger partial charge < -0.3 is 0 Å². The van der Waals surface area contributed by atoms with Crippen molar-refractivity contribution in [2.75, 3.05) is 0 Å². The van der Waals surface area contributed by atoms with Crippen LogP contribution in [0.2, 0.25) is 0 Å². The molecule has 0 aliphatic heterocycles. The topological polar surface area (TPSA) is 0 Å². The maximum Gasteiger partial charge on any atom is 0.0249 e. The Labute approximate surface area is 88.5 Å². The summed E-state index contributed by atoms with van der Waals surface area (Å²) in [6.07, 6.45) is 0. The lowest BCUT2D eigenvalue weighted by molar-refractivity contribution is 0.864. The number of hydrogen-bond donors (Lipinski definition) is 0. The Balaban J connectivity index is 3.05. The molecule has 0 saturated carbocycles. The van der Waals surface area contributed by atoms with E-state index >= 15 is 0 Å². The van der Waals surface area contributed by atoms with Crippen molar-refractivity contribution in [1.82, 2.24) is 0 Å². The van der Waals surface area contributed by atoms with Crippen LogP contribution in [-0.4, -0.2) is 0 Å². The third kappa shape index (κ3) is 2.22. The van der Waals surface area contributed by atoms with Crippen LogP contribution < -0.4 is 0 Å². The van der Waals surface area contributed by atoms with Crippen molar-refractivity contribution in [3.8, 4) is 0 Å². The highest BCUT2D eigenvalue weighted by molar-refractivity contribution is 14.1. The molecule has 0 atom stereocenters. The molecule has 66 valence electrons. The van der Waals surface area contributed by atoms with Gasteiger partial charge in [-0.15, -0.1) is 0 Å². The molecule has 1 rings (SSSR count). The summed E-state index contributed by atoms with van der Waals surface area (Å²) in [5.74, 6) is 0.646. The molecule has 0 saturated heterocycles. The lowest BCUT2D eigenvalue weighted by Crippen LogP contribution is -1.91. The van der Waals surface area contributed by atoms with Crippen LogP contribution in [0.15, 0.2) is 18.2 Å². The molecule has 0 nitrogen and oxygen atoms in total. The number of alkyl halides is 1. The zero-order valence-electron chi connectivity index (χ0n) is 7.89. The Hall–Kier alpha value is -0.0500. The zero-order chi connectivity index (χ0) is 9.14. The number of aryl methyl sites for hydroxylation is 1. The largest absolute Gasteiger partial charge is 0.0812 e. The van der Waals surface area contributed by atoms with Crippen molar-refractivity contribution in [3.63, 3.8) is 0 Å². The lowest BCUT2D eigenvalue weighted by atomic mass is 9.99. The van der Waals surface area contributed by atoms with Gasteiger partial charge >= 0.3 is 0 Å². The van der Waals surface area contributed by atoms with E-state index in [1.165, 1.54) is 16.7 Å². The summed E-state index contributed by atoms with van der Waals surface area (Å²) in [5.41, 5.74) is 4.34. The molecule has 0 aliphatic rings. The quantitative estimate of drug-likeness (QED) is 0.563. The first-order chi connectivity index (χ1) is 5.65. The van der Waals surface area contributed by atoms with E-state index in [9.17, 15) is 0 Å². The van der Waals surface area contributed by atoms with Crippen LogP contribution in [0.25, 0.3) is 0 Å². The molecule has 0 aromatic heterocycles. The highest BCUT2D eigenvalue weighted by Crippen LogP contribution is 2.20. The van der Waals surface area contributed by atoms with Crippen LogP contribution in [0.1, 0.15) is 36.5 Å². The smallest absolute Gasteiger partial charge is 0.0249 e. The first-order valence-corrected chi connectivity index (χ1v) is 5.83. The maximum atomic E-state index is 2.42. The van der Waals surface area contributed by atoms with E-state index in [0.29, 0.717) is 5.92 Å². The molecule has 12 heavy (non-hydrogen) atoms. The van der Waals surface area contributed by atoms with Gasteiger partial charge in [0.05, 0.1) is 0 Å². The summed E-state index contributed by atoms with van der Waals surface area (Å²) in [7, 11) is 0. The molecule has 0 amide bonds. The predicted octanol–water partition coefficient (Wildman–Crippen LogP) is 4.05. The molecule has 0 fully saturated rings. The van der Waals surface area contributed by atoms with Crippen molar-refractivity contribution in [2.45, 2.75) is 31.1 Å². The Morgan fingerprint density at radius 2 is 2.00 bits per heavy atom. The summed E-state index contributed by atoms with van der Waals surface area (Å²) in [5, 5.41) is 0. The van der Waals surface area contributed by atoms with Gasteiger partial charge in [-0.2, -0.15) is 0 Å². The Bertz CT molecular complexity index is 264. The minimum atomic E-state index is 0.646. The molecule has 0 heterocycles. The van der Waals surface area contributed by atoms with Gasteiger partial charge in [0.2, 0.25) is 0 Å². The molecule has 1 aromatic rings. The fourth-order valence-corrected chi connectivity index (χ4v) is 2.02. The highest BCUT2D eigenvalue weighted by Gasteiger charge is 2.01. The van der Waals surface area contributed by atoms with Gasteiger partial charge in [-0.3, -0.25) is 0 Å². The van der Waals surface area contributed by atoms with Crippen LogP contribution in [0, 0.1) is 6.92 Å². The second kappa shape index (κ2) is 4.26. The van der Waals surface area contributed by atoms with E-state index in [1.807, 2.05) is 0 Å². The van der Waals surface area contributed by atoms with Gasteiger partial charge in [0.1, 0.15) is 0 Å². The van der Waals surface area contributed by atoms with E-state index in [4.69, 9.17) is 0 Å². The number of hydrogen-bond acceptors (Lipinski definition) is 0. The zero-order valence-corrected chi connectivity index (χ0v) is 10.1. The Kier molecular flexibility index (Phi) is 3.56. The molecule has 0 bridgehead atoms. The second-order valence-electron chi connectivity index (χ2n) is 3.47. The Morgan fingerprint density at radius 1 is 1.33 bits per heavy atom. The molecule has 0 aliphatic carbocycles. The predicted molar refractivity (Wildman–Crippen MR) is 63.0 cm³/mol. The monoisotopic (exact) mass is 274 g/mol. The van der Waals surface area contributed by atoms with Gasteiger partial charge in [0.15, 0.2) is 0 Å². The fraction of sp³-hybridized carbons (Fsp3) is 0.455. The van der Waals surface area contributed by atoms with E-state index in [0.717, 1.165) is 4.43 Å². The highest BCUT2D eigenvalue weighted by atomic mass is 127. The molecule has 1 heteroatoms. The third-order valence-corrected chi connectivity index (χ3v) is 3.01. The van der Waals surface area contributed by atoms with Crippen LogP contribution in [0.3, 0.4) is 0 Å². The number of rotatable bonds is 2. The lowest BCUT2D eigenvalue weighted by Gasteiger charge is -2.08. The van der Waals surface area contributed by atoms with E-state index < -0.39 is 0 Å². The molecular weight excluding hydrogens is 259 g/mol. The molecule has 0 unspecified atom stereocenters. The van der Waals surface area contributed by atoms with Gasteiger partial charge in [-0.05, 0) is 29.5 Å². The van der Waals surface area contributed by atoms with Crippen LogP contribution in [-0.2, 0) is 4.43 Å². The van der Waals surface area contributed by atoms with Gasteiger partial charge in [0, 0.05) is 4.43 Å². The molecule has 1 aromatic carbocycles. The van der Waals surface area contributed by atoms with Gasteiger partial charge in [-0.1, -0.05) is 54.6 Å². The van der Waals surface area contributed by atoms with E-state index in [2.05, 4.69) is 61.6 Å². The third-order valence-electron chi connectivity index (χ3n) is 2.18. The summed E-state index contributed by atoms with van der Waals surface area (Å²) in [6.45, 7) is 6.65. The van der Waals surface area contributed by atoms with Crippen molar-refractivity contribution in [3.05, 3.63) is 34.9 Å². The van der Waals surface area contributed by atoms with Gasteiger partial charge in [-0.25, -0.2) is 0 Å². The normalized spacial score (nSPS) is 10.8. The summed E-state index contributed by atoms with van der Waals surface area (Å²) in [6, 6.07) is 6.78. The van der Waals surface area contributed by atoms with Crippen LogP contribution in [0.5, 0.6) is 0 Å². The van der Waals surface area contributed by atoms with Crippen molar-refractivity contribution >= 4 is 22.6 Å². The number of halogens is 1. The summed E-state index contributed by atoms with van der Waals surface area (Å²) < 4.78 is 1.12. The van der Waals surface area contributed by atoms with Crippen LogP contribution >= 0.6 is 22.6 Å². The van der Waals surface area contributed by atoms with Crippen LogP contribution in [0.4, 0.5) is 0 Å². The summed E-state index contributed by atoms with van der Waals surface area (Å²) in [4.78, 5) is 0. The first-order valence-electron chi connectivity index (χ1n) is 4.30. The van der Waals surface area contributed by atoms with Crippen molar-refractivity contribution in [1.29, 1.82) is 0 Å². The van der Waals surface area contributed by atoms with E-state index in [1.54, 1.807) is 0 Å². The average Bonchev–Trinajstić information content (AvgIpc) is 2.05. The number of benzene rings is 1. The summed E-state index contributed by atoms with van der Waals surface area (Å²) >= 11 is 2.42.